The zero-order valence-electron chi connectivity index (χ0n) is 15.1. The van der Waals surface area contributed by atoms with Crippen LogP contribution >= 0.6 is 24.8 Å². The number of piperazine rings is 1. The summed E-state index contributed by atoms with van der Waals surface area (Å²) < 4.78 is 13.8. The first-order valence-electron chi connectivity index (χ1n) is 8.70. The molecule has 1 saturated heterocycles. The van der Waals surface area contributed by atoms with Crippen LogP contribution in [0.3, 0.4) is 0 Å². The summed E-state index contributed by atoms with van der Waals surface area (Å²) in [6, 6.07) is 16.7. The van der Waals surface area contributed by atoms with Crippen molar-refractivity contribution in [3.05, 3.63) is 72.1 Å². The molecule has 0 radical (unpaired) electrons. The van der Waals surface area contributed by atoms with E-state index in [1.807, 2.05) is 48.5 Å². The molecule has 0 aliphatic carbocycles. The number of benzene rings is 2. The van der Waals surface area contributed by atoms with E-state index in [0.717, 1.165) is 38.3 Å². The fraction of sp³-hybridized carbons (Fsp3) is 0.286. The molecule has 0 saturated carbocycles. The van der Waals surface area contributed by atoms with Crippen molar-refractivity contribution < 1.29 is 9.18 Å². The third-order valence-electron chi connectivity index (χ3n) is 4.50. The first-order chi connectivity index (χ1) is 12.2. The molecule has 0 amide bonds. The molecule has 3 rings (SSSR count). The smallest absolute Gasteiger partial charge is 0.156 e. The van der Waals surface area contributed by atoms with Crippen LogP contribution in [-0.4, -0.2) is 43.4 Å². The maximum absolute atomic E-state index is 13.8. The van der Waals surface area contributed by atoms with Gasteiger partial charge in [-0.05, 0) is 23.8 Å². The second-order valence-corrected chi connectivity index (χ2v) is 6.24. The molecule has 0 unspecified atom stereocenters. The Labute approximate surface area is 172 Å². The first-order valence-corrected chi connectivity index (χ1v) is 8.70. The molecule has 1 aliphatic rings. The monoisotopic (exact) mass is 410 g/mol. The second kappa shape index (κ2) is 11.8. The second-order valence-electron chi connectivity index (χ2n) is 6.24. The number of hydrogen-bond donors (Lipinski definition) is 0. The minimum atomic E-state index is -0.169. The number of ketones is 1. The minimum Gasteiger partial charge on any atom is -0.367 e. The van der Waals surface area contributed by atoms with Gasteiger partial charge in [-0.25, -0.2) is 4.39 Å². The van der Waals surface area contributed by atoms with Crippen LogP contribution in [0.4, 0.5) is 10.1 Å². The number of para-hydroxylation sites is 1. The molecule has 1 heterocycles. The Morgan fingerprint density at radius 3 is 2.22 bits per heavy atom. The Morgan fingerprint density at radius 2 is 1.56 bits per heavy atom. The molecule has 0 N–H and O–H groups in total. The predicted octanol–water partition coefficient (Wildman–Crippen LogP) is 4.46. The van der Waals surface area contributed by atoms with E-state index in [4.69, 9.17) is 0 Å². The van der Waals surface area contributed by atoms with Crippen molar-refractivity contribution in [1.29, 1.82) is 0 Å². The average molecular weight is 411 g/mol. The highest BCUT2D eigenvalue weighted by atomic mass is 35.5. The quantitative estimate of drug-likeness (QED) is 0.656. The Kier molecular flexibility index (Phi) is 10.1. The van der Waals surface area contributed by atoms with Crippen LogP contribution in [0.2, 0.25) is 0 Å². The minimum absolute atomic E-state index is 0. The fourth-order valence-corrected chi connectivity index (χ4v) is 3.03. The van der Waals surface area contributed by atoms with Gasteiger partial charge in [0.1, 0.15) is 5.82 Å². The molecule has 146 valence electrons. The number of rotatable bonds is 6. The highest BCUT2D eigenvalue weighted by Crippen LogP contribution is 2.20. The SMILES string of the molecule is Cl.Cl.O=C(/C=C/c1ccccc1)CCN1CCN(c2ccccc2F)CC1. The maximum atomic E-state index is 13.8. The molecule has 0 atom stereocenters. The summed E-state index contributed by atoms with van der Waals surface area (Å²) >= 11 is 0. The lowest BCUT2D eigenvalue weighted by atomic mass is 10.1. The Hall–Kier alpha value is -1.88. The largest absolute Gasteiger partial charge is 0.367 e. The molecular formula is C21H25Cl2FN2O. The summed E-state index contributed by atoms with van der Waals surface area (Å²) in [5, 5.41) is 0. The summed E-state index contributed by atoms with van der Waals surface area (Å²) in [5.41, 5.74) is 1.71. The molecule has 2 aromatic carbocycles. The fourth-order valence-electron chi connectivity index (χ4n) is 3.03. The lowest BCUT2D eigenvalue weighted by Gasteiger charge is -2.36. The standard InChI is InChI=1S/C21H23FN2O.2ClH/c22-20-8-4-5-9-21(20)24-16-14-23(15-17-24)13-12-19(25)11-10-18-6-2-1-3-7-18;;/h1-11H,12-17H2;2*1H/b11-10+;;. The van der Waals surface area contributed by atoms with Crippen LogP contribution in [0, 0.1) is 5.82 Å². The van der Waals surface area contributed by atoms with Crippen LogP contribution in [0.25, 0.3) is 6.08 Å². The highest BCUT2D eigenvalue weighted by Gasteiger charge is 2.19. The van der Waals surface area contributed by atoms with Gasteiger partial charge in [0.25, 0.3) is 0 Å². The highest BCUT2D eigenvalue weighted by molar-refractivity contribution is 5.93. The van der Waals surface area contributed by atoms with Gasteiger partial charge in [-0.3, -0.25) is 9.69 Å². The van der Waals surface area contributed by atoms with Gasteiger partial charge in [-0.1, -0.05) is 48.5 Å². The third-order valence-corrected chi connectivity index (χ3v) is 4.50. The molecular weight excluding hydrogens is 386 g/mol. The van der Waals surface area contributed by atoms with E-state index in [9.17, 15) is 9.18 Å². The van der Waals surface area contributed by atoms with E-state index in [-0.39, 0.29) is 36.4 Å². The summed E-state index contributed by atoms with van der Waals surface area (Å²) in [5.74, 6) is -0.0300. The molecule has 1 aliphatic heterocycles. The van der Waals surface area contributed by atoms with Crippen molar-refractivity contribution in [3.8, 4) is 0 Å². The summed E-state index contributed by atoms with van der Waals surface area (Å²) in [6.07, 6.45) is 4.03. The van der Waals surface area contributed by atoms with Crippen LogP contribution in [0.5, 0.6) is 0 Å². The molecule has 0 spiro atoms. The topological polar surface area (TPSA) is 23.6 Å². The Balaban J connectivity index is 0.00000182. The van der Waals surface area contributed by atoms with Gasteiger partial charge >= 0.3 is 0 Å². The van der Waals surface area contributed by atoms with Gasteiger partial charge in [0.15, 0.2) is 5.78 Å². The molecule has 3 nitrogen and oxygen atoms in total. The number of allylic oxidation sites excluding steroid dienone is 1. The molecule has 0 aromatic heterocycles. The average Bonchev–Trinajstić information content (AvgIpc) is 2.66. The van der Waals surface area contributed by atoms with Crippen molar-refractivity contribution in [1.82, 2.24) is 4.90 Å². The van der Waals surface area contributed by atoms with Crippen molar-refractivity contribution >= 4 is 42.4 Å². The molecule has 1 fully saturated rings. The number of hydrogen-bond acceptors (Lipinski definition) is 3. The van der Waals surface area contributed by atoms with Crippen molar-refractivity contribution in [3.63, 3.8) is 0 Å². The van der Waals surface area contributed by atoms with Crippen molar-refractivity contribution in [2.45, 2.75) is 6.42 Å². The summed E-state index contributed by atoms with van der Waals surface area (Å²) in [6.45, 7) is 4.03. The maximum Gasteiger partial charge on any atom is 0.156 e. The lowest BCUT2D eigenvalue weighted by molar-refractivity contribution is -0.114. The summed E-state index contributed by atoms with van der Waals surface area (Å²) in [7, 11) is 0. The lowest BCUT2D eigenvalue weighted by Crippen LogP contribution is -2.47. The van der Waals surface area contributed by atoms with E-state index in [0.29, 0.717) is 12.1 Å². The van der Waals surface area contributed by atoms with E-state index in [1.165, 1.54) is 6.07 Å². The molecule has 2 aromatic rings. The zero-order chi connectivity index (χ0) is 17.5. The van der Waals surface area contributed by atoms with Crippen LogP contribution in [0.15, 0.2) is 60.7 Å². The van der Waals surface area contributed by atoms with E-state index in [2.05, 4.69) is 9.80 Å². The van der Waals surface area contributed by atoms with Crippen molar-refractivity contribution in [2.24, 2.45) is 0 Å². The number of nitrogens with zero attached hydrogens (tertiary/aromatic N) is 2. The number of carbonyl (C=O) groups excluding carboxylic acids is 1. The normalized spacial score (nSPS) is 14.5. The van der Waals surface area contributed by atoms with Crippen LogP contribution in [-0.2, 0) is 4.79 Å². The van der Waals surface area contributed by atoms with E-state index in [1.54, 1.807) is 12.1 Å². The first kappa shape index (κ1) is 23.2. The van der Waals surface area contributed by atoms with Gasteiger partial charge in [0.05, 0.1) is 5.69 Å². The van der Waals surface area contributed by atoms with Gasteiger partial charge in [0, 0.05) is 39.1 Å². The number of anilines is 1. The van der Waals surface area contributed by atoms with Gasteiger partial charge in [0.2, 0.25) is 0 Å². The zero-order valence-corrected chi connectivity index (χ0v) is 16.7. The third kappa shape index (κ3) is 6.98. The van der Waals surface area contributed by atoms with Crippen LogP contribution < -0.4 is 4.90 Å². The van der Waals surface area contributed by atoms with E-state index >= 15 is 0 Å². The Morgan fingerprint density at radius 1 is 0.926 bits per heavy atom. The van der Waals surface area contributed by atoms with E-state index < -0.39 is 0 Å². The molecule has 6 heteroatoms. The molecule has 27 heavy (non-hydrogen) atoms. The van der Waals surface area contributed by atoms with Crippen molar-refractivity contribution in [2.75, 3.05) is 37.6 Å². The summed E-state index contributed by atoms with van der Waals surface area (Å²) in [4.78, 5) is 16.4. The molecule has 0 bridgehead atoms. The predicted molar refractivity (Wildman–Crippen MR) is 115 cm³/mol. The van der Waals surface area contributed by atoms with Crippen LogP contribution in [0.1, 0.15) is 12.0 Å². The number of halogens is 3. The van der Waals surface area contributed by atoms with Gasteiger partial charge in [-0.15, -0.1) is 24.8 Å². The van der Waals surface area contributed by atoms with Gasteiger partial charge in [-0.2, -0.15) is 0 Å². The van der Waals surface area contributed by atoms with Gasteiger partial charge < -0.3 is 4.90 Å². The Bertz CT molecular complexity index is 732. The number of carbonyl (C=O) groups is 1.